The molecule has 0 radical (unpaired) electrons. The maximum Gasteiger partial charge on any atom is 0.419 e. The maximum absolute atomic E-state index is 13.1. The van der Waals surface area contributed by atoms with Crippen LogP contribution < -0.4 is 10.5 Å². The molecule has 0 aliphatic heterocycles. The fraction of sp³-hybridized carbons (Fsp3) is 0.143. The van der Waals surface area contributed by atoms with Crippen LogP contribution in [-0.2, 0) is 12.8 Å². The summed E-state index contributed by atoms with van der Waals surface area (Å²) in [5.74, 6) is -1.40. The van der Waals surface area contributed by atoms with E-state index >= 15 is 0 Å². The molecular formula is C14H10BrF4NO. The third-order valence-corrected chi connectivity index (χ3v) is 3.43. The van der Waals surface area contributed by atoms with Gasteiger partial charge in [-0.1, -0.05) is 6.07 Å². The molecule has 2 rings (SSSR count). The molecule has 0 heterocycles. The third kappa shape index (κ3) is 3.87. The Morgan fingerprint density at radius 1 is 1.10 bits per heavy atom. The van der Waals surface area contributed by atoms with Crippen molar-refractivity contribution in [2.24, 2.45) is 0 Å². The van der Waals surface area contributed by atoms with Crippen LogP contribution in [0.25, 0.3) is 0 Å². The van der Waals surface area contributed by atoms with Crippen LogP contribution in [0.4, 0.5) is 23.2 Å². The van der Waals surface area contributed by atoms with E-state index in [-0.39, 0.29) is 12.4 Å². The highest BCUT2D eigenvalue weighted by Gasteiger charge is 2.34. The average Bonchev–Trinajstić information content (AvgIpc) is 2.40. The molecule has 0 fully saturated rings. The summed E-state index contributed by atoms with van der Waals surface area (Å²) in [5, 5.41) is 0. The van der Waals surface area contributed by atoms with Crippen molar-refractivity contribution in [2.45, 2.75) is 12.8 Å². The van der Waals surface area contributed by atoms with Crippen LogP contribution in [0.15, 0.2) is 40.9 Å². The molecule has 0 spiro atoms. The fourth-order valence-electron chi connectivity index (χ4n) is 1.66. The van der Waals surface area contributed by atoms with Crippen LogP contribution in [0.5, 0.6) is 5.75 Å². The molecule has 0 saturated heterocycles. The minimum atomic E-state index is -4.76. The maximum atomic E-state index is 13.1. The van der Waals surface area contributed by atoms with E-state index in [1.807, 2.05) is 0 Å². The van der Waals surface area contributed by atoms with Gasteiger partial charge in [0.05, 0.1) is 5.56 Å². The Labute approximate surface area is 126 Å². The van der Waals surface area contributed by atoms with Crippen LogP contribution in [0.1, 0.15) is 11.1 Å². The lowest BCUT2D eigenvalue weighted by molar-refractivity contribution is -0.140. The Kier molecular flexibility index (Phi) is 4.41. The number of hydrogen-bond donors (Lipinski definition) is 1. The summed E-state index contributed by atoms with van der Waals surface area (Å²) in [6.07, 6.45) is -4.76. The normalized spacial score (nSPS) is 11.5. The first kappa shape index (κ1) is 15.6. The summed E-state index contributed by atoms with van der Waals surface area (Å²) >= 11 is 3.23. The lowest BCUT2D eigenvalue weighted by atomic mass is 10.2. The molecule has 0 bridgehead atoms. The van der Waals surface area contributed by atoms with Gasteiger partial charge >= 0.3 is 6.18 Å². The highest BCUT2D eigenvalue weighted by atomic mass is 79.9. The number of halogens is 5. The zero-order valence-corrected chi connectivity index (χ0v) is 12.1. The van der Waals surface area contributed by atoms with E-state index in [0.717, 1.165) is 12.1 Å². The Balaban J connectivity index is 2.15. The van der Waals surface area contributed by atoms with Crippen LogP contribution in [0.3, 0.4) is 0 Å². The minimum Gasteiger partial charge on any atom is -0.489 e. The fourth-order valence-corrected chi connectivity index (χ4v) is 1.91. The number of ether oxygens (including phenoxy) is 1. The minimum absolute atomic E-state index is 0.0282. The summed E-state index contributed by atoms with van der Waals surface area (Å²) in [6, 6.07) is 7.57. The first-order valence-electron chi connectivity index (χ1n) is 5.81. The lowest BCUT2D eigenvalue weighted by Crippen LogP contribution is -2.08. The van der Waals surface area contributed by atoms with E-state index in [0.29, 0.717) is 21.8 Å². The molecule has 0 unspecified atom stereocenters. The highest BCUT2D eigenvalue weighted by molar-refractivity contribution is 9.10. The molecule has 0 saturated carbocycles. The monoisotopic (exact) mass is 363 g/mol. The van der Waals surface area contributed by atoms with Gasteiger partial charge in [-0.05, 0) is 51.8 Å². The van der Waals surface area contributed by atoms with Gasteiger partial charge < -0.3 is 10.5 Å². The zero-order valence-electron chi connectivity index (χ0n) is 10.5. The van der Waals surface area contributed by atoms with Gasteiger partial charge in [0, 0.05) is 10.2 Å². The topological polar surface area (TPSA) is 35.2 Å². The van der Waals surface area contributed by atoms with Crippen LogP contribution in [0, 0.1) is 5.82 Å². The Morgan fingerprint density at radius 2 is 1.81 bits per heavy atom. The summed E-state index contributed by atoms with van der Waals surface area (Å²) in [4.78, 5) is 0. The van der Waals surface area contributed by atoms with Crippen molar-refractivity contribution in [3.8, 4) is 5.75 Å². The summed E-state index contributed by atoms with van der Waals surface area (Å²) < 4.78 is 56.8. The van der Waals surface area contributed by atoms with Gasteiger partial charge in [-0.2, -0.15) is 13.2 Å². The van der Waals surface area contributed by atoms with Crippen molar-refractivity contribution in [2.75, 3.05) is 5.73 Å². The summed E-state index contributed by atoms with van der Waals surface area (Å²) in [5.41, 5.74) is 5.52. The summed E-state index contributed by atoms with van der Waals surface area (Å²) in [6.45, 7) is 0.0282. The lowest BCUT2D eigenvalue weighted by Gasteiger charge is -2.11. The Morgan fingerprint density at radius 3 is 2.43 bits per heavy atom. The average molecular weight is 364 g/mol. The molecule has 2 aromatic rings. The van der Waals surface area contributed by atoms with Gasteiger partial charge in [-0.3, -0.25) is 0 Å². The molecular weight excluding hydrogens is 354 g/mol. The van der Waals surface area contributed by atoms with Crippen molar-refractivity contribution in [1.29, 1.82) is 0 Å². The SMILES string of the molecule is Nc1cc(COc2ccc(F)c(C(F)(F)F)c2)ccc1Br. The molecule has 7 heteroatoms. The van der Waals surface area contributed by atoms with E-state index in [2.05, 4.69) is 15.9 Å². The van der Waals surface area contributed by atoms with Crippen molar-refractivity contribution < 1.29 is 22.3 Å². The number of rotatable bonds is 3. The van der Waals surface area contributed by atoms with Gasteiger partial charge in [0.15, 0.2) is 0 Å². The predicted octanol–water partition coefficient (Wildman–Crippen LogP) is 4.77. The van der Waals surface area contributed by atoms with Gasteiger partial charge in [-0.15, -0.1) is 0 Å². The van der Waals surface area contributed by atoms with E-state index in [1.54, 1.807) is 18.2 Å². The van der Waals surface area contributed by atoms with Gasteiger partial charge in [0.1, 0.15) is 18.2 Å². The quantitative estimate of drug-likeness (QED) is 0.629. The zero-order chi connectivity index (χ0) is 15.6. The standard InChI is InChI=1S/C14H10BrF4NO/c15-11-3-1-8(5-13(11)20)7-21-9-2-4-12(16)10(6-9)14(17,18)19/h1-6H,7,20H2. The number of anilines is 1. The second kappa shape index (κ2) is 5.93. The molecule has 2 aromatic carbocycles. The first-order valence-corrected chi connectivity index (χ1v) is 6.60. The molecule has 0 atom stereocenters. The van der Waals surface area contributed by atoms with Crippen molar-refractivity contribution in [1.82, 2.24) is 0 Å². The van der Waals surface area contributed by atoms with E-state index in [4.69, 9.17) is 10.5 Å². The number of hydrogen-bond acceptors (Lipinski definition) is 2. The molecule has 0 aliphatic rings. The third-order valence-electron chi connectivity index (χ3n) is 2.71. The second-order valence-electron chi connectivity index (χ2n) is 4.28. The van der Waals surface area contributed by atoms with E-state index in [1.165, 1.54) is 0 Å². The molecule has 21 heavy (non-hydrogen) atoms. The smallest absolute Gasteiger partial charge is 0.419 e. The van der Waals surface area contributed by atoms with Crippen LogP contribution >= 0.6 is 15.9 Å². The van der Waals surface area contributed by atoms with E-state index < -0.39 is 17.6 Å². The predicted molar refractivity (Wildman–Crippen MR) is 74.3 cm³/mol. The van der Waals surface area contributed by atoms with Crippen LogP contribution in [-0.4, -0.2) is 0 Å². The highest BCUT2D eigenvalue weighted by Crippen LogP contribution is 2.33. The molecule has 0 aliphatic carbocycles. The molecule has 0 amide bonds. The van der Waals surface area contributed by atoms with Crippen molar-refractivity contribution in [3.05, 3.63) is 57.8 Å². The second-order valence-corrected chi connectivity index (χ2v) is 5.14. The Hall–Kier alpha value is -1.76. The summed E-state index contributed by atoms with van der Waals surface area (Å²) in [7, 11) is 0. The number of nitrogen functional groups attached to an aromatic ring is 1. The number of alkyl halides is 3. The van der Waals surface area contributed by atoms with Gasteiger partial charge in [0.2, 0.25) is 0 Å². The largest absolute Gasteiger partial charge is 0.489 e. The molecule has 2 N–H and O–H groups in total. The molecule has 2 nitrogen and oxygen atoms in total. The first-order chi connectivity index (χ1) is 9.77. The van der Waals surface area contributed by atoms with Gasteiger partial charge in [-0.25, -0.2) is 4.39 Å². The van der Waals surface area contributed by atoms with E-state index in [9.17, 15) is 17.6 Å². The van der Waals surface area contributed by atoms with Gasteiger partial charge in [0.25, 0.3) is 0 Å². The number of nitrogens with two attached hydrogens (primary N) is 1. The Bertz CT molecular complexity index is 658. The molecule has 112 valence electrons. The van der Waals surface area contributed by atoms with Crippen molar-refractivity contribution >= 4 is 21.6 Å². The number of benzene rings is 2. The van der Waals surface area contributed by atoms with Crippen molar-refractivity contribution in [3.63, 3.8) is 0 Å². The molecule has 0 aromatic heterocycles. The van der Waals surface area contributed by atoms with Crippen LogP contribution in [0.2, 0.25) is 0 Å².